The van der Waals surface area contributed by atoms with E-state index in [4.69, 9.17) is 16.0 Å². The molecule has 9 nitrogen and oxygen atoms in total. The van der Waals surface area contributed by atoms with Crippen molar-refractivity contribution in [3.05, 3.63) is 27.7 Å². The molecule has 3 rings (SSSR count). The summed E-state index contributed by atoms with van der Waals surface area (Å²) in [5.74, 6) is 0.356. The monoisotopic (exact) mass is 336 g/mol. The molecule has 3 heterocycles. The molecule has 1 saturated heterocycles. The van der Waals surface area contributed by atoms with Crippen molar-refractivity contribution in [1.29, 1.82) is 0 Å². The number of rotatable bonds is 4. The van der Waals surface area contributed by atoms with Crippen LogP contribution in [-0.4, -0.2) is 44.5 Å². The van der Waals surface area contributed by atoms with Gasteiger partial charge in [0.05, 0.1) is 35.1 Å². The van der Waals surface area contributed by atoms with E-state index in [0.717, 1.165) is 0 Å². The molecule has 2 aromatic rings. The molecule has 1 aliphatic heterocycles. The van der Waals surface area contributed by atoms with E-state index in [1.165, 1.54) is 17.7 Å². The van der Waals surface area contributed by atoms with Crippen LogP contribution < -0.4 is 5.73 Å². The molecule has 1 aliphatic rings. The quantitative estimate of drug-likeness (QED) is 0.437. The fraction of sp³-hybridized carbons (Fsp3) is 0.538. The lowest BCUT2D eigenvalue weighted by atomic mass is 9.90. The number of fused-ring (bicyclic) bond motifs is 1. The minimum atomic E-state index is -1.17. The van der Waals surface area contributed by atoms with Crippen LogP contribution in [0.4, 0.5) is 5.82 Å². The second-order valence-electron chi connectivity index (χ2n) is 5.38. The summed E-state index contributed by atoms with van der Waals surface area (Å²) in [5, 5.41) is 25.7. The summed E-state index contributed by atoms with van der Waals surface area (Å²) in [5.41, 5.74) is 14.8. The number of hydrogen-bond acceptors (Lipinski definition) is 8. The van der Waals surface area contributed by atoms with Crippen molar-refractivity contribution in [2.75, 3.05) is 12.3 Å². The van der Waals surface area contributed by atoms with Gasteiger partial charge in [0.2, 0.25) is 0 Å². The molecule has 0 saturated carbocycles. The molecule has 10 heteroatoms. The maximum Gasteiger partial charge on any atom is 0.144 e. The Balaban J connectivity index is 2.12. The van der Waals surface area contributed by atoms with E-state index in [2.05, 4.69) is 20.0 Å². The summed E-state index contributed by atoms with van der Waals surface area (Å²) in [7, 11) is 0. The van der Waals surface area contributed by atoms with Gasteiger partial charge in [-0.25, -0.2) is 9.97 Å². The SMILES string of the molecule is CC[C@]1(CO)O[C@@H](c2csc3c(N)ncnc23)[C@H](N=[N+]=[N-])[C@@H]1O. The van der Waals surface area contributed by atoms with E-state index < -0.39 is 23.9 Å². The fourth-order valence-corrected chi connectivity index (χ4v) is 3.87. The number of aromatic nitrogens is 2. The maximum absolute atomic E-state index is 10.5. The van der Waals surface area contributed by atoms with Gasteiger partial charge in [0.25, 0.3) is 0 Å². The van der Waals surface area contributed by atoms with Gasteiger partial charge < -0.3 is 20.7 Å². The number of anilines is 1. The van der Waals surface area contributed by atoms with E-state index in [9.17, 15) is 10.2 Å². The van der Waals surface area contributed by atoms with Crippen LogP contribution in [0.2, 0.25) is 0 Å². The lowest BCUT2D eigenvalue weighted by Crippen LogP contribution is -2.45. The van der Waals surface area contributed by atoms with Crippen LogP contribution in [-0.2, 0) is 4.74 Å². The smallest absolute Gasteiger partial charge is 0.144 e. The van der Waals surface area contributed by atoms with Crippen molar-refractivity contribution in [2.24, 2.45) is 5.11 Å². The molecule has 0 amide bonds. The summed E-state index contributed by atoms with van der Waals surface area (Å²) in [6.45, 7) is 1.42. The molecule has 1 fully saturated rings. The molecule has 0 unspecified atom stereocenters. The third kappa shape index (κ3) is 2.32. The third-order valence-electron chi connectivity index (χ3n) is 4.30. The van der Waals surface area contributed by atoms with Crippen molar-refractivity contribution in [3.8, 4) is 0 Å². The number of thiophene rings is 1. The molecular weight excluding hydrogens is 320 g/mol. The second-order valence-corrected chi connectivity index (χ2v) is 6.26. The van der Waals surface area contributed by atoms with Gasteiger partial charge in [-0.1, -0.05) is 12.0 Å². The largest absolute Gasteiger partial charge is 0.393 e. The highest BCUT2D eigenvalue weighted by Crippen LogP contribution is 2.46. The number of hydrogen-bond donors (Lipinski definition) is 3. The predicted molar refractivity (Wildman–Crippen MR) is 84.7 cm³/mol. The Labute approximate surface area is 135 Å². The van der Waals surface area contributed by atoms with Crippen LogP contribution in [0.15, 0.2) is 16.8 Å². The van der Waals surface area contributed by atoms with Crippen molar-refractivity contribution in [1.82, 2.24) is 9.97 Å². The number of azide groups is 1. The van der Waals surface area contributed by atoms with Gasteiger partial charge in [0.1, 0.15) is 17.7 Å². The van der Waals surface area contributed by atoms with E-state index in [-0.39, 0.29) is 6.61 Å². The molecular formula is C13H16N6O3S. The third-order valence-corrected chi connectivity index (χ3v) is 5.31. The molecule has 0 aromatic carbocycles. The molecule has 2 aromatic heterocycles. The van der Waals surface area contributed by atoms with Crippen molar-refractivity contribution >= 4 is 27.4 Å². The number of nitrogens with zero attached hydrogens (tertiary/aromatic N) is 5. The Morgan fingerprint density at radius 1 is 1.57 bits per heavy atom. The number of nitrogen functional groups attached to an aromatic ring is 1. The van der Waals surface area contributed by atoms with Crippen molar-refractivity contribution in [2.45, 2.75) is 37.2 Å². The molecule has 0 spiro atoms. The zero-order chi connectivity index (χ0) is 16.6. The molecule has 122 valence electrons. The van der Waals surface area contributed by atoms with Crippen LogP contribution in [0.1, 0.15) is 25.0 Å². The normalized spacial score (nSPS) is 30.5. The average Bonchev–Trinajstić information content (AvgIpc) is 3.10. The van der Waals surface area contributed by atoms with Crippen molar-refractivity contribution < 1.29 is 14.9 Å². The fourth-order valence-electron chi connectivity index (χ4n) is 2.92. The minimum absolute atomic E-state index is 0.356. The molecule has 23 heavy (non-hydrogen) atoms. The summed E-state index contributed by atoms with van der Waals surface area (Å²) in [6.07, 6.45) is -0.109. The first-order valence-corrected chi connectivity index (χ1v) is 7.94. The molecule has 4 N–H and O–H groups in total. The van der Waals surface area contributed by atoms with Crippen LogP contribution in [0.25, 0.3) is 20.7 Å². The van der Waals surface area contributed by atoms with Crippen LogP contribution >= 0.6 is 11.3 Å². The summed E-state index contributed by atoms with van der Waals surface area (Å²) < 4.78 is 6.66. The zero-order valence-corrected chi connectivity index (χ0v) is 13.1. The van der Waals surface area contributed by atoms with Crippen LogP contribution in [0.5, 0.6) is 0 Å². The van der Waals surface area contributed by atoms with Crippen molar-refractivity contribution in [3.63, 3.8) is 0 Å². The van der Waals surface area contributed by atoms with Gasteiger partial charge >= 0.3 is 0 Å². The molecule has 4 atom stereocenters. The van der Waals surface area contributed by atoms with Gasteiger partial charge in [-0.3, -0.25) is 0 Å². The topological polar surface area (TPSA) is 150 Å². The Morgan fingerprint density at radius 3 is 3.00 bits per heavy atom. The Morgan fingerprint density at radius 2 is 2.35 bits per heavy atom. The Bertz CT molecular complexity index is 770. The molecule has 0 radical (unpaired) electrons. The van der Waals surface area contributed by atoms with Gasteiger partial charge in [-0.15, -0.1) is 11.3 Å². The minimum Gasteiger partial charge on any atom is -0.393 e. The van der Waals surface area contributed by atoms with E-state index in [1.54, 1.807) is 12.3 Å². The highest BCUT2D eigenvalue weighted by atomic mass is 32.1. The first-order chi connectivity index (χ1) is 11.1. The first kappa shape index (κ1) is 15.9. The van der Waals surface area contributed by atoms with Crippen LogP contribution in [0.3, 0.4) is 0 Å². The standard InChI is InChI=1S/C13H16N6O3S/c1-2-13(4-20)11(21)8(18-19-15)9(22-13)6-3-23-10-7(6)16-5-17-12(10)14/h3,5,8-9,11,20-21H,2,4H2,1H3,(H2,14,16,17)/t8-,9-,11-,13+/m0/s1. The molecule has 0 aliphatic carbocycles. The first-order valence-electron chi connectivity index (χ1n) is 7.06. The highest BCUT2D eigenvalue weighted by molar-refractivity contribution is 7.17. The summed E-state index contributed by atoms with van der Waals surface area (Å²) >= 11 is 1.36. The second kappa shape index (κ2) is 5.91. The number of aliphatic hydroxyl groups is 2. The zero-order valence-electron chi connectivity index (χ0n) is 12.3. The van der Waals surface area contributed by atoms with E-state index in [0.29, 0.717) is 28.0 Å². The van der Waals surface area contributed by atoms with Gasteiger partial charge in [0.15, 0.2) is 0 Å². The summed E-state index contributed by atoms with van der Waals surface area (Å²) in [4.78, 5) is 11.0. The molecule has 0 bridgehead atoms. The number of nitrogens with two attached hydrogens (primary N) is 1. The lowest BCUT2D eigenvalue weighted by Gasteiger charge is -2.28. The predicted octanol–water partition coefficient (Wildman–Crippen LogP) is 1.53. The summed E-state index contributed by atoms with van der Waals surface area (Å²) in [6, 6.07) is -0.860. The number of aliphatic hydroxyl groups excluding tert-OH is 2. The Hall–Kier alpha value is -1.97. The van der Waals surface area contributed by atoms with E-state index >= 15 is 0 Å². The van der Waals surface area contributed by atoms with Crippen LogP contribution in [0, 0.1) is 0 Å². The number of ether oxygens (including phenoxy) is 1. The van der Waals surface area contributed by atoms with Gasteiger partial charge in [-0.05, 0) is 17.3 Å². The van der Waals surface area contributed by atoms with E-state index in [1.807, 2.05) is 0 Å². The highest BCUT2D eigenvalue weighted by Gasteiger charge is 2.54. The maximum atomic E-state index is 10.5. The Kier molecular flexibility index (Phi) is 4.09. The lowest BCUT2D eigenvalue weighted by molar-refractivity contribution is -0.113. The van der Waals surface area contributed by atoms with Gasteiger partial charge in [0, 0.05) is 10.5 Å². The average molecular weight is 336 g/mol. The van der Waals surface area contributed by atoms with Gasteiger partial charge in [-0.2, -0.15) is 0 Å².